The number of rotatable bonds is 4. The topological polar surface area (TPSA) is 26.3 Å². The second-order valence-corrected chi connectivity index (χ2v) is 4.30. The smallest absolute Gasteiger partial charge is 0.406 e. The maximum atomic E-state index is 13.0. The molecule has 0 atom stereocenters. The lowest BCUT2D eigenvalue weighted by Gasteiger charge is -2.09. The fourth-order valence-electron chi connectivity index (χ4n) is 1.78. The van der Waals surface area contributed by atoms with Crippen molar-refractivity contribution in [3.8, 4) is 5.75 Å². The van der Waals surface area contributed by atoms with Gasteiger partial charge in [0.2, 0.25) is 0 Å². The van der Waals surface area contributed by atoms with Crippen LogP contribution >= 0.6 is 0 Å². The highest BCUT2D eigenvalue weighted by Crippen LogP contribution is 2.23. The van der Waals surface area contributed by atoms with E-state index in [4.69, 9.17) is 0 Å². The third kappa shape index (κ3) is 4.59. The Labute approximate surface area is 118 Å². The molecule has 0 heterocycles. The Balaban J connectivity index is 2.06. The Bertz CT molecular complexity index is 633. The summed E-state index contributed by atoms with van der Waals surface area (Å²) in [5.74, 6) is -1.17. The van der Waals surface area contributed by atoms with Crippen LogP contribution in [0, 0.1) is 5.82 Å². The van der Waals surface area contributed by atoms with Crippen LogP contribution in [0.1, 0.15) is 15.9 Å². The van der Waals surface area contributed by atoms with E-state index in [1.807, 2.05) is 0 Å². The summed E-state index contributed by atoms with van der Waals surface area (Å²) in [4.78, 5) is 11.9. The molecule has 2 aromatic rings. The minimum atomic E-state index is -4.77. The molecule has 0 saturated heterocycles. The number of hydrogen-bond donors (Lipinski definition) is 0. The third-order valence-corrected chi connectivity index (χ3v) is 2.66. The van der Waals surface area contributed by atoms with Crippen molar-refractivity contribution in [1.82, 2.24) is 0 Å². The lowest BCUT2D eigenvalue weighted by Crippen LogP contribution is -2.17. The summed E-state index contributed by atoms with van der Waals surface area (Å²) in [5.41, 5.74) is 0.726. The molecular formula is C15H10F4O2. The van der Waals surface area contributed by atoms with Gasteiger partial charge in [0.1, 0.15) is 11.6 Å². The van der Waals surface area contributed by atoms with Crippen molar-refractivity contribution in [3.63, 3.8) is 0 Å². The van der Waals surface area contributed by atoms with Crippen molar-refractivity contribution in [1.29, 1.82) is 0 Å². The van der Waals surface area contributed by atoms with Gasteiger partial charge in [-0.1, -0.05) is 12.1 Å². The molecule has 0 bridgehead atoms. The van der Waals surface area contributed by atoms with E-state index in [2.05, 4.69) is 4.74 Å². The molecule has 0 N–H and O–H groups in total. The van der Waals surface area contributed by atoms with Crippen LogP contribution in [0.2, 0.25) is 0 Å². The quantitative estimate of drug-likeness (QED) is 0.626. The number of hydrogen-bond acceptors (Lipinski definition) is 2. The lowest BCUT2D eigenvalue weighted by atomic mass is 10.0. The van der Waals surface area contributed by atoms with Gasteiger partial charge in [0.25, 0.3) is 0 Å². The fourth-order valence-corrected chi connectivity index (χ4v) is 1.78. The van der Waals surface area contributed by atoms with Crippen molar-refractivity contribution in [3.05, 3.63) is 65.5 Å². The molecule has 0 aromatic heterocycles. The first kappa shape index (κ1) is 15.0. The van der Waals surface area contributed by atoms with Crippen LogP contribution in [0.5, 0.6) is 5.75 Å². The maximum Gasteiger partial charge on any atom is 0.573 e. The summed E-state index contributed by atoms with van der Waals surface area (Å²) in [6.45, 7) is 0. The fraction of sp³-hybridized carbons (Fsp3) is 0.133. The second kappa shape index (κ2) is 5.95. The van der Waals surface area contributed by atoms with Gasteiger partial charge >= 0.3 is 6.36 Å². The number of ether oxygens (including phenoxy) is 1. The normalized spacial score (nSPS) is 11.2. The van der Waals surface area contributed by atoms with Gasteiger partial charge in [-0.05, 0) is 42.0 Å². The van der Waals surface area contributed by atoms with Gasteiger partial charge in [0, 0.05) is 12.0 Å². The third-order valence-electron chi connectivity index (χ3n) is 2.66. The zero-order valence-corrected chi connectivity index (χ0v) is 10.7. The maximum absolute atomic E-state index is 13.0. The van der Waals surface area contributed by atoms with Gasteiger partial charge < -0.3 is 4.74 Å². The van der Waals surface area contributed by atoms with E-state index in [0.29, 0.717) is 5.56 Å². The number of ketones is 1. The average molecular weight is 298 g/mol. The molecule has 0 spiro atoms. The number of benzene rings is 2. The largest absolute Gasteiger partial charge is 0.573 e. The van der Waals surface area contributed by atoms with Crippen molar-refractivity contribution in [2.45, 2.75) is 12.8 Å². The monoisotopic (exact) mass is 298 g/mol. The summed E-state index contributed by atoms with van der Waals surface area (Å²) in [7, 11) is 0. The molecule has 21 heavy (non-hydrogen) atoms. The van der Waals surface area contributed by atoms with Crippen LogP contribution in [0.15, 0.2) is 48.5 Å². The molecule has 0 fully saturated rings. The van der Waals surface area contributed by atoms with Gasteiger partial charge in [-0.15, -0.1) is 13.2 Å². The van der Waals surface area contributed by atoms with Gasteiger partial charge in [-0.25, -0.2) is 4.39 Å². The lowest BCUT2D eigenvalue weighted by molar-refractivity contribution is -0.274. The van der Waals surface area contributed by atoms with Gasteiger partial charge in [-0.3, -0.25) is 4.79 Å². The predicted molar refractivity (Wildman–Crippen MR) is 67.6 cm³/mol. The predicted octanol–water partition coefficient (Wildman–Crippen LogP) is 4.15. The molecule has 2 aromatic carbocycles. The molecule has 0 amide bonds. The standard InChI is InChI=1S/C15H10F4O2/c16-12-3-1-2-10(8-12)9-14(20)11-4-6-13(7-5-11)21-15(17,18)19/h1-8H,9H2. The molecular weight excluding hydrogens is 288 g/mol. The highest BCUT2D eigenvalue weighted by Gasteiger charge is 2.31. The summed E-state index contributed by atoms with van der Waals surface area (Å²) in [6, 6.07) is 10.2. The minimum Gasteiger partial charge on any atom is -0.406 e. The molecule has 0 aliphatic rings. The molecule has 0 unspecified atom stereocenters. The molecule has 0 aliphatic carbocycles. The molecule has 2 rings (SSSR count). The summed E-state index contributed by atoms with van der Waals surface area (Å²) >= 11 is 0. The van der Waals surface area contributed by atoms with Crippen LogP contribution in [-0.2, 0) is 6.42 Å². The Kier molecular flexibility index (Phi) is 4.26. The van der Waals surface area contributed by atoms with Crippen LogP contribution in [0.3, 0.4) is 0 Å². The van der Waals surface area contributed by atoms with Gasteiger partial charge in [0.15, 0.2) is 5.78 Å². The average Bonchev–Trinajstić information content (AvgIpc) is 2.37. The SMILES string of the molecule is O=C(Cc1cccc(F)c1)c1ccc(OC(F)(F)F)cc1. The highest BCUT2D eigenvalue weighted by atomic mass is 19.4. The second-order valence-electron chi connectivity index (χ2n) is 4.30. The Morgan fingerprint density at radius 2 is 1.71 bits per heavy atom. The molecule has 110 valence electrons. The molecule has 2 nitrogen and oxygen atoms in total. The molecule has 6 heteroatoms. The van der Waals surface area contributed by atoms with E-state index in [-0.39, 0.29) is 17.8 Å². The zero-order chi connectivity index (χ0) is 15.5. The van der Waals surface area contributed by atoms with E-state index < -0.39 is 17.9 Å². The Morgan fingerprint density at radius 3 is 2.29 bits per heavy atom. The Morgan fingerprint density at radius 1 is 1.05 bits per heavy atom. The molecule has 0 aliphatic heterocycles. The molecule has 0 saturated carbocycles. The van der Waals surface area contributed by atoms with Gasteiger partial charge in [0.05, 0.1) is 0 Å². The summed E-state index contributed by atoms with van der Waals surface area (Å²) < 4.78 is 52.7. The van der Waals surface area contributed by atoms with Crippen LogP contribution in [0.4, 0.5) is 17.6 Å². The highest BCUT2D eigenvalue weighted by molar-refractivity contribution is 5.97. The van der Waals surface area contributed by atoms with Crippen molar-refractivity contribution in [2.75, 3.05) is 0 Å². The first-order chi connectivity index (χ1) is 9.83. The van der Waals surface area contributed by atoms with E-state index in [1.54, 1.807) is 6.07 Å². The first-order valence-electron chi connectivity index (χ1n) is 5.97. The van der Waals surface area contributed by atoms with E-state index in [9.17, 15) is 22.4 Å². The number of carbonyl (C=O) groups excluding carboxylic acids is 1. The van der Waals surface area contributed by atoms with Crippen molar-refractivity contribution in [2.24, 2.45) is 0 Å². The number of halogens is 4. The number of alkyl halides is 3. The van der Waals surface area contributed by atoms with Crippen LogP contribution in [0.25, 0.3) is 0 Å². The minimum absolute atomic E-state index is 0.0305. The van der Waals surface area contributed by atoms with E-state index >= 15 is 0 Å². The number of carbonyl (C=O) groups is 1. The van der Waals surface area contributed by atoms with Crippen molar-refractivity contribution >= 4 is 5.78 Å². The van der Waals surface area contributed by atoms with E-state index in [1.165, 1.54) is 30.3 Å². The Hall–Kier alpha value is -2.37. The van der Waals surface area contributed by atoms with Crippen LogP contribution in [-0.4, -0.2) is 12.1 Å². The summed E-state index contributed by atoms with van der Waals surface area (Å²) in [6.07, 6.45) is -4.80. The van der Waals surface area contributed by atoms with Gasteiger partial charge in [-0.2, -0.15) is 0 Å². The summed E-state index contributed by atoms with van der Waals surface area (Å²) in [5, 5.41) is 0. The first-order valence-corrected chi connectivity index (χ1v) is 5.97. The number of Topliss-reactive ketones (excluding diaryl/α,β-unsaturated/α-hetero) is 1. The van der Waals surface area contributed by atoms with Crippen LogP contribution < -0.4 is 4.74 Å². The van der Waals surface area contributed by atoms with Crippen molar-refractivity contribution < 1.29 is 27.1 Å². The van der Waals surface area contributed by atoms with E-state index in [0.717, 1.165) is 12.1 Å². The zero-order valence-electron chi connectivity index (χ0n) is 10.7. The molecule has 0 radical (unpaired) electrons.